The summed E-state index contributed by atoms with van der Waals surface area (Å²) in [5, 5.41) is 18.8. The first kappa shape index (κ1) is 14.1. The van der Waals surface area contributed by atoms with Gasteiger partial charge in [0.1, 0.15) is 5.75 Å². The lowest BCUT2D eigenvalue weighted by Gasteiger charge is -2.10. The molecule has 0 aliphatic carbocycles. The van der Waals surface area contributed by atoms with Crippen molar-refractivity contribution < 1.29 is 28.1 Å². The van der Waals surface area contributed by atoms with E-state index in [0.717, 1.165) is 12.4 Å². The van der Waals surface area contributed by atoms with Gasteiger partial charge in [-0.1, -0.05) is 12.1 Å². The third-order valence-corrected chi connectivity index (χ3v) is 2.41. The first-order valence-corrected chi connectivity index (χ1v) is 5.40. The maximum atomic E-state index is 12.0. The minimum atomic E-state index is -4.81. The summed E-state index contributed by atoms with van der Waals surface area (Å²) in [5.74, 6) is -0.629. The first-order chi connectivity index (χ1) is 9.40. The number of alkyl halides is 3. The van der Waals surface area contributed by atoms with E-state index >= 15 is 0 Å². The lowest BCUT2D eigenvalue weighted by atomic mass is 10.1. The van der Waals surface area contributed by atoms with Crippen LogP contribution in [0.15, 0.2) is 30.6 Å². The molecule has 0 spiro atoms. The fraction of sp³-hybridized carbons (Fsp3) is 0.167. The van der Waals surface area contributed by atoms with Crippen LogP contribution in [0.1, 0.15) is 5.56 Å². The Balaban J connectivity index is 2.33. The minimum absolute atomic E-state index is 0.0690. The highest BCUT2D eigenvalue weighted by molar-refractivity contribution is 5.63. The molecule has 20 heavy (non-hydrogen) atoms. The standard InChI is InChI=1S/C12H9F3N2O3/c13-12(14,15)20-7-4-16-11(17-5-7)8-2-1-3-10(19)9(8)6-18/h1-5,18-19H,6H2. The zero-order valence-electron chi connectivity index (χ0n) is 9.92. The van der Waals surface area contributed by atoms with Gasteiger partial charge in [0.2, 0.25) is 0 Å². The van der Waals surface area contributed by atoms with Crippen molar-refractivity contribution in [2.24, 2.45) is 0 Å². The van der Waals surface area contributed by atoms with Gasteiger partial charge >= 0.3 is 6.36 Å². The second kappa shape index (κ2) is 5.33. The first-order valence-electron chi connectivity index (χ1n) is 5.40. The fourth-order valence-electron chi connectivity index (χ4n) is 1.59. The van der Waals surface area contributed by atoms with Crippen LogP contribution in [-0.4, -0.2) is 26.5 Å². The monoisotopic (exact) mass is 286 g/mol. The van der Waals surface area contributed by atoms with E-state index in [9.17, 15) is 23.4 Å². The van der Waals surface area contributed by atoms with Crippen LogP contribution in [0.2, 0.25) is 0 Å². The van der Waals surface area contributed by atoms with Crippen molar-refractivity contribution in [1.29, 1.82) is 0 Å². The number of aromatic nitrogens is 2. The number of hydrogen-bond donors (Lipinski definition) is 2. The Morgan fingerprint density at radius 1 is 1.15 bits per heavy atom. The van der Waals surface area contributed by atoms with Crippen LogP contribution in [0.25, 0.3) is 11.4 Å². The molecule has 0 saturated heterocycles. The van der Waals surface area contributed by atoms with Crippen LogP contribution in [0.3, 0.4) is 0 Å². The molecule has 0 saturated carbocycles. The highest BCUT2D eigenvalue weighted by atomic mass is 19.4. The number of phenols is 1. The van der Waals surface area contributed by atoms with Gasteiger partial charge in [-0.25, -0.2) is 9.97 Å². The summed E-state index contributed by atoms with van der Waals surface area (Å²) in [4.78, 5) is 7.45. The van der Waals surface area contributed by atoms with Crippen LogP contribution < -0.4 is 4.74 Å². The summed E-state index contributed by atoms with van der Waals surface area (Å²) in [7, 11) is 0. The predicted molar refractivity (Wildman–Crippen MR) is 61.7 cm³/mol. The number of ether oxygens (including phenoxy) is 1. The van der Waals surface area contributed by atoms with Crippen LogP contribution >= 0.6 is 0 Å². The van der Waals surface area contributed by atoms with Crippen LogP contribution in [-0.2, 0) is 6.61 Å². The van der Waals surface area contributed by atoms with Gasteiger partial charge in [-0.2, -0.15) is 0 Å². The van der Waals surface area contributed by atoms with Crippen molar-refractivity contribution in [2.75, 3.05) is 0 Å². The molecular weight excluding hydrogens is 277 g/mol. The number of benzene rings is 1. The van der Waals surface area contributed by atoms with E-state index in [4.69, 9.17) is 0 Å². The van der Waals surface area contributed by atoms with Gasteiger partial charge in [0.15, 0.2) is 11.6 Å². The lowest BCUT2D eigenvalue weighted by Crippen LogP contribution is -2.17. The quantitative estimate of drug-likeness (QED) is 0.905. The van der Waals surface area contributed by atoms with E-state index in [0.29, 0.717) is 5.56 Å². The Morgan fingerprint density at radius 2 is 1.80 bits per heavy atom. The fourth-order valence-corrected chi connectivity index (χ4v) is 1.59. The Bertz CT molecular complexity index is 600. The highest BCUT2D eigenvalue weighted by Gasteiger charge is 2.31. The molecule has 0 atom stereocenters. The Morgan fingerprint density at radius 3 is 2.35 bits per heavy atom. The number of hydrogen-bond acceptors (Lipinski definition) is 5. The van der Waals surface area contributed by atoms with Crippen LogP contribution in [0.5, 0.6) is 11.5 Å². The van der Waals surface area contributed by atoms with Crippen molar-refractivity contribution in [3.63, 3.8) is 0 Å². The summed E-state index contributed by atoms with van der Waals surface area (Å²) in [6.45, 7) is -0.452. The molecule has 0 amide bonds. The molecule has 0 fully saturated rings. The van der Waals surface area contributed by atoms with Crippen molar-refractivity contribution in [1.82, 2.24) is 9.97 Å². The van der Waals surface area contributed by atoms with Crippen LogP contribution in [0.4, 0.5) is 13.2 Å². The Labute approximate surface area is 111 Å². The lowest BCUT2D eigenvalue weighted by molar-refractivity contribution is -0.274. The average molecular weight is 286 g/mol. The van der Waals surface area contributed by atoms with Gasteiger partial charge in [0.05, 0.1) is 19.0 Å². The summed E-state index contributed by atoms with van der Waals surface area (Å²) >= 11 is 0. The van der Waals surface area contributed by atoms with Gasteiger partial charge < -0.3 is 14.9 Å². The zero-order valence-corrected chi connectivity index (χ0v) is 9.92. The normalized spacial score (nSPS) is 11.4. The van der Waals surface area contributed by atoms with E-state index in [-0.39, 0.29) is 17.1 Å². The largest absolute Gasteiger partial charge is 0.573 e. The molecule has 0 unspecified atom stereocenters. The summed E-state index contributed by atoms with van der Waals surface area (Å²) < 4.78 is 39.6. The van der Waals surface area contributed by atoms with Gasteiger partial charge in [0, 0.05) is 11.1 Å². The second-order valence-corrected chi connectivity index (χ2v) is 3.75. The van der Waals surface area contributed by atoms with E-state index < -0.39 is 18.7 Å². The summed E-state index contributed by atoms with van der Waals surface area (Å²) in [6, 6.07) is 4.41. The number of halogens is 3. The summed E-state index contributed by atoms with van der Waals surface area (Å²) in [6.07, 6.45) is -3.09. The molecule has 0 aliphatic heterocycles. The molecule has 2 rings (SSSR count). The number of aliphatic hydroxyl groups is 1. The van der Waals surface area contributed by atoms with Crippen molar-refractivity contribution in [3.05, 3.63) is 36.2 Å². The SMILES string of the molecule is OCc1c(O)cccc1-c1ncc(OC(F)(F)F)cn1. The number of aromatic hydroxyl groups is 1. The molecule has 0 radical (unpaired) electrons. The topological polar surface area (TPSA) is 75.5 Å². The molecule has 106 valence electrons. The Hall–Kier alpha value is -2.35. The molecule has 1 heterocycles. The second-order valence-electron chi connectivity index (χ2n) is 3.75. The van der Waals surface area contributed by atoms with Gasteiger partial charge in [0.25, 0.3) is 0 Å². The molecule has 2 N–H and O–H groups in total. The third-order valence-electron chi connectivity index (χ3n) is 2.41. The molecular formula is C12H9F3N2O3. The number of nitrogens with zero attached hydrogens (tertiary/aromatic N) is 2. The maximum Gasteiger partial charge on any atom is 0.573 e. The zero-order chi connectivity index (χ0) is 14.8. The molecule has 0 aliphatic rings. The minimum Gasteiger partial charge on any atom is -0.508 e. The van der Waals surface area contributed by atoms with Crippen molar-refractivity contribution in [3.8, 4) is 22.9 Å². The molecule has 1 aromatic heterocycles. The number of aliphatic hydroxyl groups excluding tert-OH is 1. The molecule has 0 bridgehead atoms. The van der Waals surface area contributed by atoms with Crippen molar-refractivity contribution in [2.45, 2.75) is 13.0 Å². The predicted octanol–water partition coefficient (Wildman–Crippen LogP) is 2.24. The average Bonchev–Trinajstić information content (AvgIpc) is 2.37. The van der Waals surface area contributed by atoms with Gasteiger partial charge in [-0.15, -0.1) is 13.2 Å². The smallest absolute Gasteiger partial charge is 0.508 e. The summed E-state index contributed by atoms with van der Waals surface area (Å²) in [5.41, 5.74) is 0.517. The van der Waals surface area contributed by atoms with Crippen LogP contribution in [0, 0.1) is 0 Å². The third kappa shape index (κ3) is 3.15. The molecule has 2 aromatic rings. The molecule has 8 heteroatoms. The molecule has 5 nitrogen and oxygen atoms in total. The Kier molecular flexibility index (Phi) is 3.75. The van der Waals surface area contributed by atoms with E-state index in [1.54, 1.807) is 0 Å². The van der Waals surface area contributed by atoms with Gasteiger partial charge in [-0.05, 0) is 6.07 Å². The maximum absolute atomic E-state index is 12.0. The number of rotatable bonds is 3. The van der Waals surface area contributed by atoms with Crippen molar-refractivity contribution >= 4 is 0 Å². The van der Waals surface area contributed by atoms with E-state index in [1.807, 2.05) is 0 Å². The van der Waals surface area contributed by atoms with Gasteiger partial charge in [-0.3, -0.25) is 0 Å². The molecule has 1 aromatic carbocycles. The highest BCUT2D eigenvalue weighted by Crippen LogP contribution is 2.28. The van der Waals surface area contributed by atoms with E-state index in [1.165, 1.54) is 18.2 Å². The van der Waals surface area contributed by atoms with E-state index in [2.05, 4.69) is 14.7 Å².